The van der Waals surface area contributed by atoms with Gasteiger partial charge < -0.3 is 10.6 Å². The molecule has 1 heterocycles. The SMILES string of the molecule is CCCC(C)(CN)CN1CCC(C(F)(F)F)CC1. The van der Waals surface area contributed by atoms with E-state index in [1.165, 1.54) is 0 Å². The van der Waals surface area contributed by atoms with Gasteiger partial charge in [0.25, 0.3) is 0 Å². The van der Waals surface area contributed by atoms with Crippen LogP contribution in [0.1, 0.15) is 39.5 Å². The Hall–Kier alpha value is -0.290. The van der Waals surface area contributed by atoms with Gasteiger partial charge in [-0.1, -0.05) is 20.3 Å². The van der Waals surface area contributed by atoms with Crippen molar-refractivity contribution < 1.29 is 13.2 Å². The summed E-state index contributed by atoms with van der Waals surface area (Å²) in [4.78, 5) is 2.14. The number of halogens is 3. The van der Waals surface area contributed by atoms with Crippen molar-refractivity contribution in [3.05, 3.63) is 0 Å². The number of nitrogens with two attached hydrogens (primary N) is 1. The van der Waals surface area contributed by atoms with Gasteiger partial charge in [0.2, 0.25) is 0 Å². The molecule has 2 N–H and O–H groups in total. The zero-order valence-corrected chi connectivity index (χ0v) is 11.4. The number of alkyl halides is 3. The highest BCUT2D eigenvalue weighted by Crippen LogP contribution is 2.35. The van der Waals surface area contributed by atoms with E-state index in [0.717, 1.165) is 19.4 Å². The second kappa shape index (κ2) is 6.24. The number of rotatable bonds is 5. The monoisotopic (exact) mass is 266 g/mol. The summed E-state index contributed by atoms with van der Waals surface area (Å²) in [5, 5.41) is 0. The third-order valence-electron chi connectivity index (χ3n) is 4.00. The maximum Gasteiger partial charge on any atom is 0.391 e. The van der Waals surface area contributed by atoms with E-state index in [1.54, 1.807) is 0 Å². The highest BCUT2D eigenvalue weighted by Gasteiger charge is 2.41. The summed E-state index contributed by atoms with van der Waals surface area (Å²) in [6.45, 7) is 6.76. The number of hydrogen-bond acceptors (Lipinski definition) is 2. The minimum absolute atomic E-state index is 0.0415. The van der Waals surface area contributed by atoms with Gasteiger partial charge in [-0.25, -0.2) is 0 Å². The van der Waals surface area contributed by atoms with Crippen LogP contribution in [0.4, 0.5) is 13.2 Å². The van der Waals surface area contributed by atoms with Gasteiger partial charge in [0.15, 0.2) is 0 Å². The Morgan fingerprint density at radius 1 is 1.22 bits per heavy atom. The van der Waals surface area contributed by atoms with Crippen molar-refractivity contribution in [1.82, 2.24) is 4.90 Å². The summed E-state index contributed by atoms with van der Waals surface area (Å²) in [5.41, 5.74) is 5.84. The Balaban J connectivity index is 2.44. The molecule has 2 nitrogen and oxygen atoms in total. The van der Waals surface area contributed by atoms with E-state index < -0.39 is 12.1 Å². The van der Waals surface area contributed by atoms with Crippen molar-refractivity contribution in [2.24, 2.45) is 17.1 Å². The molecule has 1 aliphatic rings. The van der Waals surface area contributed by atoms with Crippen molar-refractivity contribution in [2.75, 3.05) is 26.2 Å². The molecule has 18 heavy (non-hydrogen) atoms. The normalized spacial score (nSPS) is 23.0. The zero-order chi connectivity index (χ0) is 13.8. The molecule has 1 aliphatic heterocycles. The molecule has 0 aromatic rings. The van der Waals surface area contributed by atoms with Crippen molar-refractivity contribution >= 4 is 0 Å². The van der Waals surface area contributed by atoms with Crippen molar-refractivity contribution in [3.8, 4) is 0 Å². The second-order valence-corrected chi connectivity index (χ2v) is 5.86. The minimum Gasteiger partial charge on any atom is -0.330 e. The lowest BCUT2D eigenvalue weighted by Gasteiger charge is -2.39. The van der Waals surface area contributed by atoms with Crippen LogP contribution in [0, 0.1) is 11.3 Å². The molecule has 0 aromatic heterocycles. The summed E-state index contributed by atoms with van der Waals surface area (Å²) in [7, 11) is 0. The average molecular weight is 266 g/mol. The fourth-order valence-electron chi connectivity index (χ4n) is 2.81. The van der Waals surface area contributed by atoms with Crippen molar-refractivity contribution in [1.29, 1.82) is 0 Å². The first-order valence-corrected chi connectivity index (χ1v) is 6.80. The molecule has 0 radical (unpaired) electrons. The van der Waals surface area contributed by atoms with Gasteiger partial charge >= 0.3 is 6.18 Å². The third kappa shape index (κ3) is 4.43. The first kappa shape index (κ1) is 15.8. The smallest absolute Gasteiger partial charge is 0.330 e. The van der Waals surface area contributed by atoms with Crippen LogP contribution >= 0.6 is 0 Å². The summed E-state index contributed by atoms with van der Waals surface area (Å²) < 4.78 is 37.7. The summed E-state index contributed by atoms with van der Waals surface area (Å²) in [5.74, 6) is -1.11. The van der Waals surface area contributed by atoms with Gasteiger partial charge in [-0.15, -0.1) is 0 Å². The first-order valence-electron chi connectivity index (χ1n) is 6.80. The van der Waals surface area contributed by atoms with Gasteiger partial charge in [0.05, 0.1) is 5.92 Å². The summed E-state index contributed by atoms with van der Waals surface area (Å²) in [6, 6.07) is 0. The molecule has 0 aromatic carbocycles. The van der Waals surface area contributed by atoms with Crippen LogP contribution in [0.2, 0.25) is 0 Å². The van der Waals surface area contributed by atoms with Crippen LogP contribution in [0.15, 0.2) is 0 Å². The van der Waals surface area contributed by atoms with E-state index in [0.29, 0.717) is 19.6 Å². The van der Waals surface area contributed by atoms with E-state index in [9.17, 15) is 13.2 Å². The molecular formula is C13H25F3N2. The van der Waals surface area contributed by atoms with Gasteiger partial charge in [0.1, 0.15) is 0 Å². The predicted octanol–water partition coefficient (Wildman–Crippen LogP) is 3.03. The lowest BCUT2D eigenvalue weighted by Crippen LogP contribution is -2.45. The molecule has 0 amide bonds. The maximum atomic E-state index is 12.6. The van der Waals surface area contributed by atoms with Crippen LogP contribution in [0.25, 0.3) is 0 Å². The number of hydrogen-bond donors (Lipinski definition) is 1. The molecule has 0 saturated carbocycles. The Kier molecular flexibility index (Phi) is 5.46. The molecular weight excluding hydrogens is 241 g/mol. The van der Waals surface area contributed by atoms with Crippen molar-refractivity contribution in [2.45, 2.75) is 45.7 Å². The van der Waals surface area contributed by atoms with E-state index >= 15 is 0 Å². The van der Waals surface area contributed by atoms with Crippen LogP contribution < -0.4 is 5.73 Å². The summed E-state index contributed by atoms with van der Waals surface area (Å²) >= 11 is 0. The van der Waals surface area contributed by atoms with Gasteiger partial charge in [0, 0.05) is 6.54 Å². The molecule has 108 valence electrons. The predicted molar refractivity (Wildman–Crippen MR) is 67.3 cm³/mol. The van der Waals surface area contributed by atoms with E-state index in [4.69, 9.17) is 5.73 Å². The van der Waals surface area contributed by atoms with Crippen LogP contribution in [-0.2, 0) is 0 Å². The second-order valence-electron chi connectivity index (χ2n) is 5.86. The molecule has 1 fully saturated rings. The van der Waals surface area contributed by atoms with Gasteiger partial charge in [-0.3, -0.25) is 0 Å². The molecule has 5 heteroatoms. The molecule has 0 spiro atoms. The van der Waals surface area contributed by atoms with Gasteiger partial charge in [-0.2, -0.15) is 13.2 Å². The van der Waals surface area contributed by atoms with Gasteiger partial charge in [-0.05, 0) is 44.3 Å². The van der Waals surface area contributed by atoms with Crippen LogP contribution in [0.5, 0.6) is 0 Å². The highest BCUT2D eigenvalue weighted by atomic mass is 19.4. The van der Waals surface area contributed by atoms with Crippen molar-refractivity contribution in [3.63, 3.8) is 0 Å². The topological polar surface area (TPSA) is 29.3 Å². The fraction of sp³-hybridized carbons (Fsp3) is 1.00. The van der Waals surface area contributed by atoms with E-state index in [-0.39, 0.29) is 18.3 Å². The number of piperidine rings is 1. The average Bonchev–Trinajstić information content (AvgIpc) is 2.29. The molecule has 1 atom stereocenters. The third-order valence-corrected chi connectivity index (χ3v) is 4.00. The lowest BCUT2D eigenvalue weighted by atomic mass is 9.84. The molecule has 1 saturated heterocycles. The Labute approximate surface area is 108 Å². The number of likely N-dealkylation sites (tertiary alicyclic amines) is 1. The Morgan fingerprint density at radius 3 is 2.17 bits per heavy atom. The standard InChI is InChI=1S/C13H25F3N2/c1-3-6-12(2,9-17)10-18-7-4-11(5-8-18)13(14,15)16/h11H,3-10,17H2,1-2H3. The van der Waals surface area contributed by atoms with E-state index in [1.807, 2.05) is 0 Å². The number of nitrogens with zero attached hydrogens (tertiary/aromatic N) is 1. The lowest BCUT2D eigenvalue weighted by molar-refractivity contribution is -0.185. The molecule has 1 unspecified atom stereocenters. The first-order chi connectivity index (χ1) is 8.30. The maximum absolute atomic E-state index is 12.6. The minimum atomic E-state index is -4.02. The largest absolute Gasteiger partial charge is 0.391 e. The van der Waals surface area contributed by atoms with E-state index in [2.05, 4.69) is 18.7 Å². The Morgan fingerprint density at radius 2 is 1.78 bits per heavy atom. The fourth-order valence-corrected chi connectivity index (χ4v) is 2.81. The van der Waals surface area contributed by atoms with Crippen LogP contribution in [0.3, 0.4) is 0 Å². The quantitative estimate of drug-likeness (QED) is 0.828. The highest BCUT2D eigenvalue weighted by molar-refractivity contribution is 4.83. The molecule has 1 rings (SSSR count). The van der Waals surface area contributed by atoms with Crippen LogP contribution in [-0.4, -0.2) is 37.3 Å². The molecule has 0 aliphatic carbocycles. The summed E-state index contributed by atoms with van der Waals surface area (Å²) in [6.07, 6.45) is -1.46. The zero-order valence-electron chi connectivity index (χ0n) is 11.4. The Bertz CT molecular complexity index is 247. The molecule has 0 bridgehead atoms.